The summed E-state index contributed by atoms with van der Waals surface area (Å²) in [6.45, 7) is 2.72. The van der Waals surface area contributed by atoms with Gasteiger partial charge in [-0.25, -0.2) is 4.98 Å². The van der Waals surface area contributed by atoms with E-state index in [0.717, 1.165) is 29.8 Å². The van der Waals surface area contributed by atoms with E-state index in [2.05, 4.69) is 19.1 Å². The van der Waals surface area contributed by atoms with E-state index in [1.54, 1.807) is 0 Å². The van der Waals surface area contributed by atoms with Crippen LogP contribution in [0.15, 0.2) is 22.6 Å². The van der Waals surface area contributed by atoms with Crippen molar-refractivity contribution in [1.29, 1.82) is 0 Å². The number of rotatable bonds is 2. The molecule has 0 saturated heterocycles. The van der Waals surface area contributed by atoms with Crippen molar-refractivity contribution >= 4 is 11.1 Å². The highest BCUT2D eigenvalue weighted by Crippen LogP contribution is 2.38. The molecule has 1 aromatic heterocycles. The largest absolute Gasteiger partial charge is 0.440 e. The molecule has 19 heavy (non-hydrogen) atoms. The molecule has 0 spiro atoms. The smallest absolute Gasteiger partial charge is 0.202 e. The molecule has 0 radical (unpaired) electrons. The van der Waals surface area contributed by atoms with Crippen molar-refractivity contribution in [1.82, 2.24) is 4.98 Å². The molecule has 2 aromatic rings. The normalized spacial score (nSPS) is 19.5. The van der Waals surface area contributed by atoms with Crippen molar-refractivity contribution in [2.24, 2.45) is 5.73 Å². The maximum absolute atomic E-state index is 6.09. The Morgan fingerprint density at radius 3 is 2.63 bits per heavy atom. The first-order valence-corrected chi connectivity index (χ1v) is 7.31. The molecule has 1 aliphatic carbocycles. The topological polar surface area (TPSA) is 52.0 Å². The number of oxazole rings is 1. The van der Waals surface area contributed by atoms with E-state index in [4.69, 9.17) is 15.1 Å². The Morgan fingerprint density at radius 2 is 1.95 bits per heavy atom. The van der Waals surface area contributed by atoms with Crippen LogP contribution in [-0.4, -0.2) is 11.5 Å². The second-order valence-electron chi connectivity index (χ2n) is 5.89. The van der Waals surface area contributed by atoms with Crippen molar-refractivity contribution in [2.45, 2.75) is 50.9 Å². The van der Waals surface area contributed by atoms with Crippen LogP contribution in [0.4, 0.5) is 0 Å². The summed E-state index contributed by atoms with van der Waals surface area (Å²) >= 11 is 0. The third-order valence-electron chi connectivity index (χ3n) is 4.45. The van der Waals surface area contributed by atoms with Crippen molar-refractivity contribution in [3.63, 3.8) is 0 Å². The zero-order valence-corrected chi connectivity index (χ0v) is 11.6. The van der Waals surface area contributed by atoms with Gasteiger partial charge in [-0.15, -0.1) is 0 Å². The third kappa shape index (κ3) is 2.27. The minimum absolute atomic E-state index is 0.0383. The van der Waals surface area contributed by atoms with E-state index < -0.39 is 0 Å². The summed E-state index contributed by atoms with van der Waals surface area (Å²) in [4.78, 5) is 4.74. The van der Waals surface area contributed by atoms with E-state index in [1.807, 2.05) is 6.07 Å². The van der Waals surface area contributed by atoms with Gasteiger partial charge in [0.15, 0.2) is 5.58 Å². The molecule has 0 unspecified atom stereocenters. The number of nitrogens with zero attached hydrogens (tertiary/aromatic N) is 1. The molecule has 102 valence electrons. The van der Waals surface area contributed by atoms with Crippen molar-refractivity contribution < 1.29 is 4.42 Å². The van der Waals surface area contributed by atoms with Gasteiger partial charge in [-0.05, 0) is 37.5 Å². The van der Waals surface area contributed by atoms with Crippen molar-refractivity contribution in [2.75, 3.05) is 6.54 Å². The van der Waals surface area contributed by atoms with Gasteiger partial charge in [0.2, 0.25) is 5.89 Å². The molecule has 0 atom stereocenters. The molecular weight excluding hydrogens is 236 g/mol. The third-order valence-corrected chi connectivity index (χ3v) is 4.45. The van der Waals surface area contributed by atoms with Gasteiger partial charge < -0.3 is 10.2 Å². The van der Waals surface area contributed by atoms with Crippen LogP contribution in [0.1, 0.15) is 50.0 Å². The Hall–Kier alpha value is -1.35. The number of aryl methyl sites for hydroxylation is 1. The zero-order chi connectivity index (χ0) is 13.3. The highest BCUT2D eigenvalue weighted by Gasteiger charge is 2.36. The molecular formula is C16H22N2O. The lowest BCUT2D eigenvalue weighted by molar-refractivity contribution is 0.300. The van der Waals surface area contributed by atoms with Crippen LogP contribution >= 0.6 is 0 Å². The minimum Gasteiger partial charge on any atom is -0.440 e. The molecule has 1 saturated carbocycles. The van der Waals surface area contributed by atoms with Gasteiger partial charge >= 0.3 is 0 Å². The fourth-order valence-electron chi connectivity index (χ4n) is 3.17. The molecule has 0 aliphatic heterocycles. The summed E-state index contributed by atoms with van der Waals surface area (Å²) < 4.78 is 6.02. The summed E-state index contributed by atoms with van der Waals surface area (Å²) in [5, 5.41) is 0. The van der Waals surface area contributed by atoms with Crippen LogP contribution in [0.2, 0.25) is 0 Å². The Bertz CT molecular complexity index is 565. The summed E-state index contributed by atoms with van der Waals surface area (Å²) in [6.07, 6.45) is 7.29. The van der Waals surface area contributed by atoms with E-state index in [0.29, 0.717) is 6.54 Å². The highest BCUT2D eigenvalue weighted by atomic mass is 16.3. The van der Waals surface area contributed by atoms with Gasteiger partial charge in [-0.2, -0.15) is 0 Å². The van der Waals surface area contributed by atoms with Gasteiger partial charge in [0, 0.05) is 6.54 Å². The van der Waals surface area contributed by atoms with E-state index in [9.17, 15) is 0 Å². The van der Waals surface area contributed by atoms with Crippen LogP contribution in [-0.2, 0) is 5.41 Å². The van der Waals surface area contributed by atoms with E-state index >= 15 is 0 Å². The molecule has 3 rings (SSSR count). The Balaban J connectivity index is 2.04. The second kappa shape index (κ2) is 4.97. The molecule has 3 nitrogen and oxygen atoms in total. The molecule has 1 aromatic carbocycles. The predicted octanol–water partition coefficient (Wildman–Crippen LogP) is 3.69. The fourth-order valence-corrected chi connectivity index (χ4v) is 3.17. The Labute approximate surface area is 114 Å². The van der Waals surface area contributed by atoms with Crippen LogP contribution < -0.4 is 5.73 Å². The lowest BCUT2D eigenvalue weighted by Crippen LogP contribution is -2.35. The summed E-state index contributed by atoms with van der Waals surface area (Å²) in [6, 6.07) is 6.17. The first kappa shape index (κ1) is 12.7. The lowest BCUT2D eigenvalue weighted by Gasteiger charge is -2.27. The monoisotopic (exact) mass is 258 g/mol. The van der Waals surface area contributed by atoms with E-state index in [1.165, 1.54) is 31.2 Å². The van der Waals surface area contributed by atoms with Gasteiger partial charge in [0.1, 0.15) is 5.52 Å². The highest BCUT2D eigenvalue weighted by molar-refractivity contribution is 5.73. The SMILES string of the molecule is Cc1ccc2oc(C3(CN)CCCCCC3)nc2c1. The lowest BCUT2D eigenvalue weighted by atomic mass is 9.80. The number of hydrogen-bond donors (Lipinski definition) is 1. The fraction of sp³-hybridized carbons (Fsp3) is 0.562. The quantitative estimate of drug-likeness (QED) is 0.836. The molecule has 3 heteroatoms. The maximum Gasteiger partial charge on any atom is 0.202 e. The number of benzene rings is 1. The Kier molecular flexibility index (Phi) is 3.31. The molecule has 0 bridgehead atoms. The second-order valence-corrected chi connectivity index (χ2v) is 5.89. The molecule has 1 fully saturated rings. The number of fused-ring (bicyclic) bond motifs is 1. The molecule has 1 heterocycles. The average Bonchev–Trinajstić information content (AvgIpc) is 2.69. The van der Waals surface area contributed by atoms with Crippen LogP contribution in [0, 0.1) is 6.92 Å². The van der Waals surface area contributed by atoms with Gasteiger partial charge in [-0.3, -0.25) is 0 Å². The first-order valence-electron chi connectivity index (χ1n) is 7.31. The first-order chi connectivity index (χ1) is 9.23. The van der Waals surface area contributed by atoms with Crippen molar-refractivity contribution in [3.05, 3.63) is 29.7 Å². The Morgan fingerprint density at radius 1 is 1.21 bits per heavy atom. The number of aromatic nitrogens is 1. The van der Waals surface area contributed by atoms with Gasteiger partial charge in [0.25, 0.3) is 0 Å². The van der Waals surface area contributed by atoms with Crippen LogP contribution in [0.25, 0.3) is 11.1 Å². The van der Waals surface area contributed by atoms with E-state index in [-0.39, 0.29) is 5.41 Å². The molecule has 1 aliphatic rings. The summed E-state index contributed by atoms with van der Waals surface area (Å²) in [5.41, 5.74) is 9.12. The summed E-state index contributed by atoms with van der Waals surface area (Å²) in [5.74, 6) is 0.859. The van der Waals surface area contributed by atoms with Gasteiger partial charge in [0.05, 0.1) is 5.41 Å². The van der Waals surface area contributed by atoms with Crippen LogP contribution in [0.5, 0.6) is 0 Å². The average molecular weight is 258 g/mol. The number of hydrogen-bond acceptors (Lipinski definition) is 3. The van der Waals surface area contributed by atoms with Gasteiger partial charge in [-0.1, -0.05) is 31.7 Å². The summed E-state index contributed by atoms with van der Waals surface area (Å²) in [7, 11) is 0. The number of nitrogens with two attached hydrogens (primary N) is 1. The molecule has 2 N–H and O–H groups in total. The zero-order valence-electron chi connectivity index (χ0n) is 11.6. The van der Waals surface area contributed by atoms with Crippen molar-refractivity contribution in [3.8, 4) is 0 Å². The molecule has 0 amide bonds. The predicted molar refractivity (Wildman–Crippen MR) is 77.2 cm³/mol. The maximum atomic E-state index is 6.09. The minimum atomic E-state index is -0.0383. The van der Waals surface area contributed by atoms with Crippen LogP contribution in [0.3, 0.4) is 0 Å². The standard InChI is InChI=1S/C16H22N2O/c1-12-6-7-14-13(10-12)18-15(19-14)16(11-17)8-4-2-3-5-9-16/h6-7,10H,2-5,8-9,11,17H2,1H3.